The summed E-state index contributed by atoms with van der Waals surface area (Å²) in [4.78, 5) is 45.5. The molecule has 3 N–H and O–H groups in total. The van der Waals surface area contributed by atoms with E-state index in [1.165, 1.54) is 15.9 Å². The second kappa shape index (κ2) is 16.9. The number of likely N-dealkylation sites (N-methyl/N-ethyl adjacent to an activating group) is 2. The Morgan fingerprint density at radius 1 is 0.787 bits per heavy atom. The lowest BCUT2D eigenvalue weighted by molar-refractivity contribution is -0.146. The second-order valence-electron chi connectivity index (χ2n) is 12.6. The Hall–Kier alpha value is -4.53. The van der Waals surface area contributed by atoms with Gasteiger partial charge in [0.15, 0.2) is 0 Å². The molecule has 3 aromatic carbocycles. The highest BCUT2D eigenvalue weighted by atomic mass is 32.1. The Labute approximate surface area is 283 Å². The summed E-state index contributed by atoms with van der Waals surface area (Å²) in [5.41, 5.74) is 9.84. The first-order chi connectivity index (χ1) is 22.5. The summed E-state index contributed by atoms with van der Waals surface area (Å²) in [7, 11) is 3.30. The highest BCUT2D eigenvalue weighted by Gasteiger charge is 2.35. The molecule has 47 heavy (non-hydrogen) atoms. The van der Waals surface area contributed by atoms with E-state index in [0.29, 0.717) is 25.8 Å². The van der Waals surface area contributed by atoms with E-state index < -0.39 is 17.6 Å². The van der Waals surface area contributed by atoms with Crippen LogP contribution in [0.3, 0.4) is 0 Å². The third-order valence-electron chi connectivity index (χ3n) is 8.14. The van der Waals surface area contributed by atoms with Gasteiger partial charge >= 0.3 is 0 Å². The number of nitrogens with two attached hydrogens (primary N) is 1. The molecule has 8 heteroatoms. The van der Waals surface area contributed by atoms with Crippen molar-refractivity contribution in [3.05, 3.63) is 131 Å². The van der Waals surface area contributed by atoms with Crippen molar-refractivity contribution in [2.45, 2.75) is 57.2 Å². The van der Waals surface area contributed by atoms with E-state index in [0.717, 1.165) is 27.1 Å². The summed E-state index contributed by atoms with van der Waals surface area (Å²) < 4.78 is 0. The van der Waals surface area contributed by atoms with Gasteiger partial charge in [0.25, 0.3) is 0 Å². The molecular weight excluding hydrogens is 605 g/mol. The van der Waals surface area contributed by atoms with Crippen LogP contribution >= 0.6 is 11.3 Å². The summed E-state index contributed by atoms with van der Waals surface area (Å²) in [5.74, 6) is -0.834. The van der Waals surface area contributed by atoms with Crippen LogP contribution in [0.4, 0.5) is 0 Å². The molecule has 0 saturated carbocycles. The number of thiophene rings is 1. The van der Waals surface area contributed by atoms with E-state index in [9.17, 15) is 14.4 Å². The van der Waals surface area contributed by atoms with Crippen molar-refractivity contribution in [1.82, 2.24) is 15.1 Å². The molecule has 0 radical (unpaired) electrons. The van der Waals surface area contributed by atoms with Crippen molar-refractivity contribution in [3.8, 4) is 11.1 Å². The standard InChI is InChI=1S/C39H46N4O3S/c1-39(2,40)24-11-18-36(44)42(3)35(27-30-19-21-32(22-20-30)31-15-9-6-10-16-31)38(46)43(4)34(28-33-17-12-26-47-33)37(45)41-25-23-29-13-7-5-8-14-29/h5-22,26,34-35H,23-25,27-28,40H2,1-4H3,(H,41,45)/b18-11+/t34-,35-/m1/s1. The molecule has 4 aromatic rings. The third-order valence-corrected chi connectivity index (χ3v) is 9.04. The van der Waals surface area contributed by atoms with Gasteiger partial charge in [0.2, 0.25) is 17.7 Å². The Bertz CT molecular complexity index is 1600. The average molecular weight is 651 g/mol. The fourth-order valence-corrected chi connectivity index (χ4v) is 6.06. The predicted molar refractivity (Wildman–Crippen MR) is 192 cm³/mol. The zero-order chi connectivity index (χ0) is 33.8. The zero-order valence-corrected chi connectivity index (χ0v) is 28.6. The lowest BCUT2D eigenvalue weighted by Gasteiger charge is -2.34. The van der Waals surface area contributed by atoms with Crippen molar-refractivity contribution < 1.29 is 14.4 Å². The van der Waals surface area contributed by atoms with Crippen LogP contribution in [0.15, 0.2) is 115 Å². The summed E-state index contributed by atoms with van der Waals surface area (Å²) in [6, 6.07) is 30.4. The fourth-order valence-electron chi connectivity index (χ4n) is 5.32. The van der Waals surface area contributed by atoms with Gasteiger partial charge in [-0.15, -0.1) is 11.3 Å². The fraction of sp³-hybridized carbons (Fsp3) is 0.308. The van der Waals surface area contributed by atoms with Crippen LogP contribution in [0, 0.1) is 0 Å². The van der Waals surface area contributed by atoms with E-state index >= 15 is 0 Å². The highest BCUT2D eigenvalue weighted by Crippen LogP contribution is 2.22. The molecule has 0 bridgehead atoms. The molecule has 7 nitrogen and oxygen atoms in total. The summed E-state index contributed by atoms with van der Waals surface area (Å²) in [6.45, 7) is 4.23. The predicted octanol–water partition coefficient (Wildman–Crippen LogP) is 5.90. The third kappa shape index (κ3) is 10.8. The summed E-state index contributed by atoms with van der Waals surface area (Å²) in [5, 5.41) is 5.02. The number of nitrogens with one attached hydrogen (secondary N) is 1. The first kappa shape index (κ1) is 35.3. The number of carbonyl (C=O) groups excluding carboxylic acids is 3. The van der Waals surface area contributed by atoms with Gasteiger partial charge in [-0.05, 0) is 66.5 Å². The number of nitrogens with zero attached hydrogens (tertiary/aromatic N) is 2. The monoisotopic (exact) mass is 650 g/mol. The van der Waals surface area contributed by atoms with Gasteiger partial charge in [0.05, 0.1) is 0 Å². The van der Waals surface area contributed by atoms with Crippen molar-refractivity contribution in [2.75, 3.05) is 20.6 Å². The van der Waals surface area contributed by atoms with Crippen LogP contribution in [0.25, 0.3) is 11.1 Å². The van der Waals surface area contributed by atoms with E-state index in [-0.39, 0.29) is 24.1 Å². The lowest BCUT2D eigenvalue weighted by Crippen LogP contribution is -2.56. The maximum atomic E-state index is 14.4. The minimum atomic E-state index is -0.839. The van der Waals surface area contributed by atoms with E-state index in [1.54, 1.807) is 31.5 Å². The SMILES string of the molecule is CN(C(=O)/C=C/CC(C)(C)N)[C@H](Cc1ccc(-c2ccccc2)cc1)C(=O)N(C)[C@H](Cc1cccs1)C(=O)NCCc1ccccc1. The molecular formula is C39H46N4O3S. The molecule has 1 aromatic heterocycles. The Morgan fingerprint density at radius 3 is 2.04 bits per heavy atom. The second-order valence-corrected chi connectivity index (χ2v) is 13.6. The van der Waals surface area contributed by atoms with Gasteiger partial charge in [-0.25, -0.2) is 0 Å². The normalized spacial score (nSPS) is 12.8. The van der Waals surface area contributed by atoms with E-state index in [2.05, 4.69) is 17.4 Å². The molecule has 0 aliphatic rings. The van der Waals surface area contributed by atoms with Gasteiger partial charge in [0.1, 0.15) is 12.1 Å². The minimum Gasteiger partial charge on any atom is -0.354 e. The first-order valence-electron chi connectivity index (χ1n) is 16.0. The summed E-state index contributed by atoms with van der Waals surface area (Å²) >= 11 is 1.55. The lowest BCUT2D eigenvalue weighted by atomic mass is 9.98. The van der Waals surface area contributed by atoms with E-state index in [4.69, 9.17) is 5.73 Å². The number of rotatable bonds is 15. The Morgan fingerprint density at radius 2 is 1.43 bits per heavy atom. The van der Waals surface area contributed by atoms with Crippen LogP contribution in [0.2, 0.25) is 0 Å². The van der Waals surface area contributed by atoms with Crippen LogP contribution in [0.5, 0.6) is 0 Å². The van der Waals surface area contributed by atoms with Crippen LogP contribution in [-0.4, -0.2) is 65.8 Å². The van der Waals surface area contributed by atoms with Crippen molar-refractivity contribution >= 4 is 29.1 Å². The highest BCUT2D eigenvalue weighted by molar-refractivity contribution is 7.09. The topological polar surface area (TPSA) is 95.7 Å². The average Bonchev–Trinajstić information content (AvgIpc) is 3.59. The van der Waals surface area contributed by atoms with E-state index in [1.807, 2.05) is 104 Å². The molecule has 0 aliphatic heterocycles. The van der Waals surface area contributed by atoms with Crippen molar-refractivity contribution in [2.24, 2.45) is 5.73 Å². The Balaban J connectivity index is 1.57. The Kier molecular flexibility index (Phi) is 12.7. The van der Waals surface area contributed by atoms with Crippen LogP contribution in [-0.2, 0) is 33.6 Å². The van der Waals surface area contributed by atoms with Gasteiger partial charge in [0, 0.05) is 43.9 Å². The molecule has 0 saturated heterocycles. The molecule has 0 unspecified atom stereocenters. The largest absolute Gasteiger partial charge is 0.354 e. The molecule has 246 valence electrons. The smallest absolute Gasteiger partial charge is 0.246 e. The minimum absolute atomic E-state index is 0.227. The molecule has 0 spiro atoms. The molecule has 1 heterocycles. The first-order valence-corrected chi connectivity index (χ1v) is 16.9. The number of hydrogen-bond donors (Lipinski definition) is 2. The maximum absolute atomic E-state index is 14.4. The van der Waals surface area contributed by atoms with Crippen LogP contribution in [0.1, 0.15) is 36.3 Å². The number of benzene rings is 3. The van der Waals surface area contributed by atoms with Gasteiger partial charge in [-0.2, -0.15) is 0 Å². The number of hydrogen-bond acceptors (Lipinski definition) is 5. The van der Waals surface area contributed by atoms with Crippen molar-refractivity contribution in [3.63, 3.8) is 0 Å². The molecule has 0 aliphatic carbocycles. The maximum Gasteiger partial charge on any atom is 0.246 e. The quantitative estimate of drug-likeness (QED) is 0.157. The van der Waals surface area contributed by atoms with Gasteiger partial charge < -0.3 is 20.9 Å². The zero-order valence-electron chi connectivity index (χ0n) is 27.8. The number of amides is 3. The van der Waals surface area contributed by atoms with Gasteiger partial charge in [-0.1, -0.05) is 97.1 Å². The van der Waals surface area contributed by atoms with Gasteiger partial charge in [-0.3, -0.25) is 14.4 Å². The molecule has 2 atom stereocenters. The summed E-state index contributed by atoms with van der Waals surface area (Å²) in [6.07, 6.45) is 5.08. The number of carbonyl (C=O) groups is 3. The molecule has 0 fully saturated rings. The molecule has 3 amide bonds. The van der Waals surface area contributed by atoms with Crippen LogP contribution < -0.4 is 11.1 Å². The molecule has 4 rings (SSSR count). The van der Waals surface area contributed by atoms with Crippen molar-refractivity contribution in [1.29, 1.82) is 0 Å².